The molecule has 8 atom stereocenters. The van der Waals surface area contributed by atoms with E-state index in [1.807, 2.05) is 74.5 Å². The van der Waals surface area contributed by atoms with Crippen molar-refractivity contribution in [3.05, 3.63) is 149 Å². The van der Waals surface area contributed by atoms with Gasteiger partial charge in [0.25, 0.3) is 5.91 Å². The fourth-order valence-corrected chi connectivity index (χ4v) is 8.53. The molecule has 0 saturated carbocycles. The number of nitrogens with zero attached hydrogens (tertiary/aromatic N) is 1. The quantitative estimate of drug-likeness (QED) is 0.154. The number of pyridine rings is 1. The molecule has 0 spiro atoms. The van der Waals surface area contributed by atoms with Crippen LogP contribution in [0.15, 0.2) is 121 Å². The molecule has 0 unspecified atom stereocenters. The molecule has 3 heterocycles. The van der Waals surface area contributed by atoms with Crippen LogP contribution >= 0.6 is 0 Å². The number of halogens is 1. The predicted molar refractivity (Wildman–Crippen MR) is 248 cm³/mol. The topological polar surface area (TPSA) is 170 Å². The summed E-state index contributed by atoms with van der Waals surface area (Å²) in [4.78, 5) is 42.4. The summed E-state index contributed by atoms with van der Waals surface area (Å²) in [6, 6.07) is 36.6. The SMILES string of the molecule is COc1ccnc(C(=O)N[C@H]2CCC[C@H](Cc3ccc(C)cc3)[C@@H](Oc3ccccc3)[C@H](C)OC2=O)c1O.Cc1ccc(C[C@H]2CCC[C@H]([NH3+])C(=O)O[C@@H](C)[C@@H]2Oc2ccccc2)cc1.[Cl-]. The second-order valence-electron chi connectivity index (χ2n) is 17.3. The van der Waals surface area contributed by atoms with Crippen LogP contribution in [0.3, 0.4) is 0 Å². The predicted octanol–water partition coefficient (Wildman–Crippen LogP) is 4.96. The first-order valence-electron chi connectivity index (χ1n) is 22.7. The molecule has 1 aromatic heterocycles. The van der Waals surface area contributed by atoms with E-state index in [4.69, 9.17) is 23.7 Å². The number of carbonyl (C=O) groups excluding carboxylic acids is 3. The van der Waals surface area contributed by atoms with Gasteiger partial charge >= 0.3 is 11.9 Å². The van der Waals surface area contributed by atoms with E-state index in [2.05, 4.69) is 78.4 Å². The monoisotopic (exact) mass is 921 g/mol. The lowest BCUT2D eigenvalue weighted by molar-refractivity contribution is -0.410. The highest BCUT2D eigenvalue weighted by Crippen LogP contribution is 2.32. The number of amides is 1. The number of carbonyl (C=O) groups is 3. The highest BCUT2D eigenvalue weighted by molar-refractivity contribution is 5.98. The van der Waals surface area contributed by atoms with Crippen molar-refractivity contribution in [1.29, 1.82) is 0 Å². The number of para-hydroxylation sites is 2. The van der Waals surface area contributed by atoms with Crippen molar-refractivity contribution < 1.29 is 61.3 Å². The summed E-state index contributed by atoms with van der Waals surface area (Å²) >= 11 is 0. The van der Waals surface area contributed by atoms with Crippen LogP contribution in [-0.2, 0) is 31.9 Å². The largest absolute Gasteiger partial charge is 1.00 e. The molecule has 2 fully saturated rings. The summed E-state index contributed by atoms with van der Waals surface area (Å²) in [6.07, 6.45) is 6.05. The van der Waals surface area contributed by atoms with Gasteiger partial charge < -0.3 is 52.2 Å². The summed E-state index contributed by atoms with van der Waals surface area (Å²) in [5.41, 5.74) is 8.68. The molecule has 13 heteroatoms. The Morgan fingerprint density at radius 3 is 1.65 bits per heavy atom. The van der Waals surface area contributed by atoms with E-state index >= 15 is 0 Å². The molecule has 66 heavy (non-hydrogen) atoms. The normalized spacial score (nSPS) is 23.4. The molecule has 0 bridgehead atoms. The molecule has 0 radical (unpaired) electrons. The number of nitrogens with one attached hydrogen (secondary N) is 1. The van der Waals surface area contributed by atoms with Crippen LogP contribution in [0.25, 0.3) is 0 Å². The average molecular weight is 923 g/mol. The molecule has 0 aliphatic carbocycles. The van der Waals surface area contributed by atoms with E-state index in [9.17, 15) is 19.5 Å². The summed E-state index contributed by atoms with van der Waals surface area (Å²) < 4.78 is 29.5. The Kier molecular flexibility index (Phi) is 19.3. The summed E-state index contributed by atoms with van der Waals surface area (Å²) in [6.45, 7) is 7.92. The second-order valence-corrected chi connectivity index (χ2v) is 17.3. The van der Waals surface area contributed by atoms with Crippen molar-refractivity contribution in [3.8, 4) is 23.0 Å². The number of aryl methyl sites for hydroxylation is 2. The number of ether oxygens (including phenoxy) is 5. The minimum atomic E-state index is -0.896. The van der Waals surface area contributed by atoms with Crippen LogP contribution in [0.2, 0.25) is 0 Å². The minimum Gasteiger partial charge on any atom is -1.00 e. The van der Waals surface area contributed by atoms with E-state index in [0.29, 0.717) is 18.6 Å². The molecule has 2 aliphatic rings. The number of hydrogen-bond acceptors (Lipinski definition) is 10. The Morgan fingerprint density at radius 1 is 0.697 bits per heavy atom. The molecule has 5 aromatic rings. The first-order chi connectivity index (χ1) is 31.4. The first kappa shape index (κ1) is 50.9. The number of esters is 2. The highest BCUT2D eigenvalue weighted by Gasteiger charge is 2.37. The lowest BCUT2D eigenvalue weighted by Gasteiger charge is -2.32. The first-order valence-corrected chi connectivity index (χ1v) is 22.7. The fraction of sp³-hybridized carbons (Fsp3) is 0.396. The molecule has 12 nitrogen and oxygen atoms in total. The molecular formula is C53H64ClN3O9. The molecule has 352 valence electrons. The van der Waals surface area contributed by atoms with Gasteiger partial charge in [0.1, 0.15) is 42.0 Å². The zero-order valence-corrected chi connectivity index (χ0v) is 39.3. The zero-order chi connectivity index (χ0) is 46.3. The third-order valence-corrected chi connectivity index (χ3v) is 12.2. The van der Waals surface area contributed by atoms with Crippen LogP contribution in [0, 0.1) is 25.7 Å². The van der Waals surface area contributed by atoms with Gasteiger partial charge in [0, 0.05) is 30.5 Å². The summed E-state index contributed by atoms with van der Waals surface area (Å²) in [5.74, 6) is 0.139. The zero-order valence-electron chi connectivity index (χ0n) is 38.6. The number of quaternary nitrogens is 1. The smallest absolute Gasteiger partial charge is 0.365 e. The summed E-state index contributed by atoms with van der Waals surface area (Å²) in [5, 5.41) is 13.0. The van der Waals surface area contributed by atoms with E-state index in [1.54, 1.807) is 0 Å². The molecule has 2 saturated heterocycles. The molecule has 2 aliphatic heterocycles. The van der Waals surface area contributed by atoms with Gasteiger partial charge in [0.15, 0.2) is 23.2 Å². The van der Waals surface area contributed by atoms with Crippen LogP contribution in [0.1, 0.15) is 85.1 Å². The van der Waals surface area contributed by atoms with Gasteiger partial charge in [-0.3, -0.25) is 4.79 Å². The number of aromatic nitrogens is 1. The van der Waals surface area contributed by atoms with Crippen molar-refractivity contribution in [1.82, 2.24) is 10.3 Å². The maximum atomic E-state index is 13.2. The third-order valence-electron chi connectivity index (χ3n) is 12.2. The van der Waals surface area contributed by atoms with Crippen LogP contribution in [-0.4, -0.2) is 71.5 Å². The number of rotatable bonds is 11. The standard InChI is InChI=1S/C30H34N2O6.C23H29NO3.ClH/c1-19-12-14-21(15-13-19)18-22-8-7-11-24(32-29(34)26-27(33)25(36-3)16-17-31-26)30(35)37-20(2)28(22)38-23-9-5-4-6-10-23;1-16-11-13-18(14-12-16)15-19-7-6-10-21(24)23(25)26-17(2)22(19)27-20-8-4-3-5-9-20;/h4-6,9-10,12-17,20,22,24,28,33H,7-8,11,18H2,1-3H3,(H,32,34);3-5,8-9,11-14,17,19,21-22H,6-7,10,15,24H2,1-2H3;1H/t20-,22+,24-,28-;17-,19+,21-,22-;/m00./s1. The Labute approximate surface area is 395 Å². The van der Waals surface area contributed by atoms with E-state index in [-0.39, 0.29) is 71.8 Å². The van der Waals surface area contributed by atoms with Crippen molar-refractivity contribution >= 4 is 17.8 Å². The van der Waals surface area contributed by atoms with E-state index in [1.165, 1.54) is 41.6 Å². The molecule has 7 rings (SSSR count). The van der Waals surface area contributed by atoms with Gasteiger partial charge in [-0.25, -0.2) is 14.6 Å². The lowest BCUT2D eigenvalue weighted by atomic mass is 9.86. The average Bonchev–Trinajstić information content (AvgIpc) is 3.38. The number of cyclic esters (lactones) is 2. The Balaban J connectivity index is 0.000000258. The van der Waals surface area contributed by atoms with E-state index < -0.39 is 24.0 Å². The Hall–Kier alpha value is -6.11. The van der Waals surface area contributed by atoms with Crippen molar-refractivity contribution in [2.45, 2.75) is 116 Å². The second kappa shape index (κ2) is 25.0. The van der Waals surface area contributed by atoms with Crippen molar-refractivity contribution in [2.75, 3.05) is 7.11 Å². The molecule has 4 aromatic carbocycles. The lowest BCUT2D eigenvalue weighted by Crippen LogP contribution is -3.00. The number of hydrogen-bond donors (Lipinski definition) is 3. The molecular weight excluding hydrogens is 858 g/mol. The minimum absolute atomic E-state index is 0. The van der Waals surface area contributed by atoms with Crippen LogP contribution < -0.4 is 37.7 Å². The van der Waals surface area contributed by atoms with Crippen LogP contribution in [0.4, 0.5) is 0 Å². The maximum absolute atomic E-state index is 13.2. The molecule has 1 amide bonds. The molecule has 5 N–H and O–H groups in total. The third kappa shape index (κ3) is 14.4. The van der Waals surface area contributed by atoms with Gasteiger partial charge in [-0.1, -0.05) is 102 Å². The van der Waals surface area contributed by atoms with Crippen molar-refractivity contribution in [3.63, 3.8) is 0 Å². The van der Waals surface area contributed by atoms with Gasteiger partial charge in [-0.15, -0.1) is 0 Å². The number of benzene rings is 4. The van der Waals surface area contributed by atoms with E-state index in [0.717, 1.165) is 44.3 Å². The number of aromatic hydroxyl groups is 1. The highest BCUT2D eigenvalue weighted by atomic mass is 35.5. The maximum Gasteiger partial charge on any atom is 0.365 e. The van der Waals surface area contributed by atoms with Gasteiger partial charge in [0.05, 0.1) is 7.11 Å². The Bertz CT molecular complexity index is 2280. The summed E-state index contributed by atoms with van der Waals surface area (Å²) in [7, 11) is 1.38. The van der Waals surface area contributed by atoms with Gasteiger partial charge in [-0.05, 0) is 102 Å². The van der Waals surface area contributed by atoms with Crippen molar-refractivity contribution in [2.24, 2.45) is 11.8 Å². The fourth-order valence-electron chi connectivity index (χ4n) is 8.53. The van der Waals surface area contributed by atoms with Gasteiger partial charge in [-0.2, -0.15) is 0 Å². The Morgan fingerprint density at radius 2 is 1.17 bits per heavy atom. The van der Waals surface area contributed by atoms with Gasteiger partial charge in [0.2, 0.25) is 0 Å². The van der Waals surface area contributed by atoms with Crippen LogP contribution in [0.5, 0.6) is 23.0 Å². The number of methoxy groups -OCH3 is 1.